The summed E-state index contributed by atoms with van der Waals surface area (Å²) in [6.07, 6.45) is 2.38. The molecule has 0 bridgehead atoms. The van der Waals surface area contributed by atoms with Crippen LogP contribution < -0.4 is 5.32 Å². The number of carbonyl (C=O) groups is 1. The second-order valence-corrected chi connectivity index (χ2v) is 5.84. The summed E-state index contributed by atoms with van der Waals surface area (Å²) in [5.41, 5.74) is 1.93. The average molecular weight is 290 g/mol. The van der Waals surface area contributed by atoms with Crippen LogP contribution in [0.1, 0.15) is 32.3 Å². The van der Waals surface area contributed by atoms with Crippen LogP contribution in [0.4, 0.5) is 5.69 Å². The molecule has 1 fully saturated rings. The molecule has 1 aromatic rings. The Morgan fingerprint density at radius 2 is 2.14 bits per heavy atom. The molecule has 0 saturated carbocycles. The van der Waals surface area contributed by atoms with Gasteiger partial charge in [-0.05, 0) is 56.5 Å². The Morgan fingerprint density at radius 1 is 1.38 bits per heavy atom. The fourth-order valence-electron chi connectivity index (χ4n) is 2.58. The van der Waals surface area contributed by atoms with E-state index in [0.29, 0.717) is 19.8 Å². The lowest BCUT2D eigenvalue weighted by atomic mass is 9.99. The van der Waals surface area contributed by atoms with Crippen molar-refractivity contribution in [3.8, 4) is 0 Å². The van der Waals surface area contributed by atoms with Crippen LogP contribution >= 0.6 is 0 Å². The zero-order chi connectivity index (χ0) is 15.1. The highest BCUT2D eigenvalue weighted by atomic mass is 16.5. The molecule has 1 heterocycles. The summed E-state index contributed by atoms with van der Waals surface area (Å²) in [6.45, 7) is 8.08. The van der Waals surface area contributed by atoms with Crippen LogP contribution in [0.3, 0.4) is 0 Å². The molecule has 0 unspecified atom stereocenters. The molecule has 0 atom stereocenters. The zero-order valence-corrected chi connectivity index (χ0v) is 13.1. The van der Waals surface area contributed by atoms with Gasteiger partial charge < -0.3 is 10.1 Å². The van der Waals surface area contributed by atoms with Crippen molar-refractivity contribution in [3.63, 3.8) is 0 Å². The first-order valence-corrected chi connectivity index (χ1v) is 7.86. The largest absolute Gasteiger partial charge is 0.377 e. The third kappa shape index (κ3) is 5.48. The lowest BCUT2D eigenvalue weighted by Gasteiger charge is -2.29. The van der Waals surface area contributed by atoms with Crippen LogP contribution in [0.15, 0.2) is 24.3 Å². The Kier molecular flexibility index (Phi) is 6.21. The van der Waals surface area contributed by atoms with E-state index in [9.17, 15) is 4.79 Å². The van der Waals surface area contributed by atoms with Crippen LogP contribution in [0.2, 0.25) is 0 Å². The maximum Gasteiger partial charge on any atom is 0.238 e. The standard InChI is InChI=1S/C17H26N2O2/c1-3-21-13-15-5-4-6-16(11-15)18-17(20)12-19-9-7-14(2)8-10-19/h4-6,11,14H,3,7-10,12-13H2,1-2H3,(H,18,20). The minimum absolute atomic E-state index is 0.0677. The van der Waals surface area contributed by atoms with Gasteiger partial charge in [0.15, 0.2) is 0 Å². The maximum atomic E-state index is 12.1. The first-order chi connectivity index (χ1) is 10.2. The van der Waals surface area contributed by atoms with Crippen LogP contribution in [-0.4, -0.2) is 37.0 Å². The van der Waals surface area contributed by atoms with Crippen LogP contribution in [0, 0.1) is 5.92 Å². The fraction of sp³-hybridized carbons (Fsp3) is 0.588. The molecular weight excluding hydrogens is 264 g/mol. The maximum absolute atomic E-state index is 12.1. The van der Waals surface area contributed by atoms with Crippen molar-refractivity contribution >= 4 is 11.6 Å². The molecule has 4 nitrogen and oxygen atoms in total. The summed E-state index contributed by atoms with van der Waals surface area (Å²) in [4.78, 5) is 14.3. The fourth-order valence-corrected chi connectivity index (χ4v) is 2.58. The van der Waals surface area contributed by atoms with Crippen LogP contribution in [0.25, 0.3) is 0 Å². The van der Waals surface area contributed by atoms with Crippen LogP contribution in [-0.2, 0) is 16.1 Å². The molecule has 0 aromatic heterocycles. The number of nitrogens with one attached hydrogen (secondary N) is 1. The quantitative estimate of drug-likeness (QED) is 0.876. The second kappa shape index (κ2) is 8.15. The smallest absolute Gasteiger partial charge is 0.238 e. The number of amides is 1. The summed E-state index contributed by atoms with van der Waals surface area (Å²) < 4.78 is 5.39. The summed E-state index contributed by atoms with van der Waals surface area (Å²) in [5, 5.41) is 2.98. The number of nitrogens with zero attached hydrogens (tertiary/aromatic N) is 1. The van der Waals surface area contributed by atoms with Gasteiger partial charge in [-0.25, -0.2) is 0 Å². The van der Waals surface area contributed by atoms with E-state index in [1.165, 1.54) is 12.8 Å². The number of hydrogen-bond acceptors (Lipinski definition) is 3. The van der Waals surface area contributed by atoms with E-state index < -0.39 is 0 Å². The highest BCUT2D eigenvalue weighted by Crippen LogP contribution is 2.16. The van der Waals surface area contributed by atoms with Crippen molar-refractivity contribution in [2.45, 2.75) is 33.3 Å². The van der Waals surface area contributed by atoms with E-state index in [4.69, 9.17) is 4.74 Å². The Bertz CT molecular complexity index is 454. The van der Waals surface area contributed by atoms with Gasteiger partial charge in [-0.1, -0.05) is 19.1 Å². The number of rotatable bonds is 6. The van der Waals surface area contributed by atoms with Crippen molar-refractivity contribution in [2.75, 3.05) is 31.6 Å². The molecule has 1 aliphatic rings. The number of likely N-dealkylation sites (tertiary alicyclic amines) is 1. The minimum atomic E-state index is 0.0677. The molecule has 2 rings (SSSR count). The number of hydrogen-bond donors (Lipinski definition) is 1. The lowest BCUT2D eigenvalue weighted by molar-refractivity contribution is -0.117. The lowest BCUT2D eigenvalue weighted by Crippen LogP contribution is -2.38. The van der Waals surface area contributed by atoms with E-state index in [0.717, 1.165) is 30.3 Å². The first kappa shape index (κ1) is 16.0. The molecule has 1 amide bonds. The SMILES string of the molecule is CCOCc1cccc(NC(=O)CN2CCC(C)CC2)c1. The minimum Gasteiger partial charge on any atom is -0.377 e. The average Bonchev–Trinajstić information content (AvgIpc) is 2.48. The first-order valence-electron chi connectivity index (χ1n) is 7.86. The third-order valence-corrected chi connectivity index (χ3v) is 3.93. The van der Waals surface area contributed by atoms with Crippen molar-refractivity contribution < 1.29 is 9.53 Å². The van der Waals surface area contributed by atoms with Crippen molar-refractivity contribution in [2.24, 2.45) is 5.92 Å². The van der Waals surface area contributed by atoms with Gasteiger partial charge in [-0.2, -0.15) is 0 Å². The molecule has 1 aliphatic heterocycles. The van der Waals surface area contributed by atoms with Gasteiger partial charge in [0, 0.05) is 12.3 Å². The molecule has 0 spiro atoms. The van der Waals surface area contributed by atoms with Gasteiger partial charge in [0.25, 0.3) is 0 Å². The van der Waals surface area contributed by atoms with Gasteiger partial charge in [0.05, 0.1) is 13.2 Å². The van der Waals surface area contributed by atoms with Gasteiger partial charge in [-0.15, -0.1) is 0 Å². The Labute approximate surface area is 127 Å². The number of benzene rings is 1. The monoisotopic (exact) mass is 290 g/mol. The van der Waals surface area contributed by atoms with E-state index in [1.54, 1.807) is 0 Å². The van der Waals surface area contributed by atoms with E-state index in [2.05, 4.69) is 17.1 Å². The van der Waals surface area contributed by atoms with Crippen molar-refractivity contribution in [3.05, 3.63) is 29.8 Å². The second-order valence-electron chi connectivity index (χ2n) is 5.84. The topological polar surface area (TPSA) is 41.6 Å². The van der Waals surface area contributed by atoms with E-state index in [-0.39, 0.29) is 5.91 Å². The van der Waals surface area contributed by atoms with Gasteiger partial charge >= 0.3 is 0 Å². The van der Waals surface area contributed by atoms with Crippen LogP contribution in [0.5, 0.6) is 0 Å². The molecule has 1 saturated heterocycles. The Morgan fingerprint density at radius 3 is 2.86 bits per heavy atom. The number of ether oxygens (including phenoxy) is 1. The predicted octanol–water partition coefficient (Wildman–Crippen LogP) is 2.89. The number of carbonyl (C=O) groups excluding carboxylic acids is 1. The molecule has 4 heteroatoms. The Hall–Kier alpha value is -1.39. The van der Waals surface area contributed by atoms with Crippen molar-refractivity contribution in [1.29, 1.82) is 0 Å². The molecule has 0 radical (unpaired) electrons. The van der Waals surface area contributed by atoms with Crippen molar-refractivity contribution in [1.82, 2.24) is 4.90 Å². The molecule has 116 valence electrons. The summed E-state index contributed by atoms with van der Waals surface area (Å²) in [7, 11) is 0. The molecule has 1 aromatic carbocycles. The highest BCUT2D eigenvalue weighted by Gasteiger charge is 2.17. The molecule has 1 N–H and O–H groups in total. The molecular formula is C17H26N2O2. The third-order valence-electron chi connectivity index (χ3n) is 3.93. The number of piperidine rings is 1. The van der Waals surface area contributed by atoms with E-state index in [1.807, 2.05) is 31.2 Å². The highest BCUT2D eigenvalue weighted by molar-refractivity contribution is 5.92. The van der Waals surface area contributed by atoms with Gasteiger partial charge in [0.1, 0.15) is 0 Å². The normalized spacial score (nSPS) is 16.9. The molecule has 21 heavy (non-hydrogen) atoms. The molecule has 0 aliphatic carbocycles. The summed E-state index contributed by atoms with van der Waals surface area (Å²) in [5.74, 6) is 0.859. The Balaban J connectivity index is 1.81. The van der Waals surface area contributed by atoms with E-state index >= 15 is 0 Å². The van der Waals surface area contributed by atoms with Gasteiger partial charge in [-0.3, -0.25) is 9.69 Å². The predicted molar refractivity (Wildman–Crippen MR) is 85.2 cm³/mol. The zero-order valence-electron chi connectivity index (χ0n) is 13.1. The summed E-state index contributed by atoms with van der Waals surface area (Å²) >= 11 is 0. The van der Waals surface area contributed by atoms with Gasteiger partial charge in [0.2, 0.25) is 5.91 Å². The summed E-state index contributed by atoms with van der Waals surface area (Å²) in [6, 6.07) is 7.86. The number of anilines is 1.